The largest absolute Gasteiger partial charge is 0.507 e. The standard InChI is InChI=1S/C15H18ClNO3/c16-11-3-4-12(13(18)9-11)14(19)17-7-8-20-15(10-17)5-1-2-6-15/h3-4,9,18H,1-2,5-8,10H2. The van der Waals surface area contributed by atoms with E-state index in [2.05, 4.69) is 0 Å². The first kappa shape index (κ1) is 13.7. The summed E-state index contributed by atoms with van der Waals surface area (Å²) in [6.45, 7) is 1.76. The van der Waals surface area contributed by atoms with Gasteiger partial charge in [-0.1, -0.05) is 24.4 Å². The third kappa shape index (κ3) is 2.50. The van der Waals surface area contributed by atoms with Gasteiger partial charge in [0.2, 0.25) is 0 Å². The molecule has 108 valence electrons. The lowest BCUT2D eigenvalue weighted by Crippen LogP contribution is -2.52. The number of phenolic OH excluding ortho intramolecular Hbond substituents is 1. The van der Waals surface area contributed by atoms with Crippen molar-refractivity contribution in [1.82, 2.24) is 4.90 Å². The van der Waals surface area contributed by atoms with Crippen LogP contribution in [0.1, 0.15) is 36.0 Å². The molecule has 1 aromatic carbocycles. The van der Waals surface area contributed by atoms with Crippen molar-refractivity contribution in [2.24, 2.45) is 0 Å². The minimum absolute atomic E-state index is 0.0607. The first-order valence-electron chi connectivity index (χ1n) is 7.01. The number of carbonyl (C=O) groups is 1. The van der Waals surface area contributed by atoms with Crippen LogP contribution in [0.4, 0.5) is 0 Å². The first-order valence-corrected chi connectivity index (χ1v) is 7.39. The zero-order chi connectivity index (χ0) is 14.2. The number of carbonyl (C=O) groups excluding carboxylic acids is 1. The van der Waals surface area contributed by atoms with Gasteiger partial charge in [0.05, 0.1) is 24.3 Å². The SMILES string of the molecule is O=C(c1ccc(Cl)cc1O)N1CCOC2(CCCC2)C1. The lowest BCUT2D eigenvalue weighted by atomic mass is 9.99. The van der Waals surface area contributed by atoms with E-state index in [4.69, 9.17) is 16.3 Å². The zero-order valence-electron chi connectivity index (χ0n) is 11.3. The van der Waals surface area contributed by atoms with E-state index in [0.717, 1.165) is 25.7 Å². The van der Waals surface area contributed by atoms with Gasteiger partial charge in [0.25, 0.3) is 5.91 Å². The van der Waals surface area contributed by atoms with E-state index in [1.807, 2.05) is 0 Å². The van der Waals surface area contributed by atoms with E-state index < -0.39 is 0 Å². The number of morpholine rings is 1. The molecule has 1 N–H and O–H groups in total. The summed E-state index contributed by atoms with van der Waals surface area (Å²) in [7, 11) is 0. The summed E-state index contributed by atoms with van der Waals surface area (Å²) in [5.74, 6) is -0.205. The highest BCUT2D eigenvalue weighted by Crippen LogP contribution is 2.36. The Labute approximate surface area is 123 Å². The fraction of sp³-hybridized carbons (Fsp3) is 0.533. The molecule has 0 bridgehead atoms. The predicted molar refractivity (Wildman–Crippen MR) is 76.2 cm³/mol. The summed E-state index contributed by atoms with van der Waals surface area (Å²) in [5.41, 5.74) is 0.153. The van der Waals surface area contributed by atoms with Crippen molar-refractivity contribution in [2.45, 2.75) is 31.3 Å². The fourth-order valence-corrected chi connectivity index (χ4v) is 3.36. The number of halogens is 1. The maximum absolute atomic E-state index is 12.5. The molecule has 4 nitrogen and oxygen atoms in total. The van der Waals surface area contributed by atoms with Gasteiger partial charge in [0.1, 0.15) is 5.75 Å². The van der Waals surface area contributed by atoms with Gasteiger partial charge in [-0.05, 0) is 31.0 Å². The Balaban J connectivity index is 1.79. The smallest absolute Gasteiger partial charge is 0.257 e. The third-order valence-corrected chi connectivity index (χ3v) is 4.48. The molecule has 0 atom stereocenters. The highest BCUT2D eigenvalue weighted by molar-refractivity contribution is 6.30. The van der Waals surface area contributed by atoms with Gasteiger partial charge in [-0.15, -0.1) is 0 Å². The molecule has 0 aromatic heterocycles. The van der Waals surface area contributed by atoms with Crippen LogP contribution in [-0.4, -0.2) is 41.2 Å². The Morgan fingerprint density at radius 3 is 2.80 bits per heavy atom. The van der Waals surface area contributed by atoms with Crippen LogP contribution in [0, 0.1) is 0 Å². The second-order valence-electron chi connectivity index (χ2n) is 5.63. The van der Waals surface area contributed by atoms with E-state index in [-0.39, 0.29) is 17.3 Å². The number of aromatic hydroxyl groups is 1. The predicted octanol–water partition coefficient (Wildman–Crippen LogP) is 2.83. The topological polar surface area (TPSA) is 49.8 Å². The molecule has 2 fully saturated rings. The molecule has 1 saturated heterocycles. The summed E-state index contributed by atoms with van der Waals surface area (Å²) < 4.78 is 5.91. The first-order chi connectivity index (χ1) is 9.60. The van der Waals surface area contributed by atoms with Gasteiger partial charge >= 0.3 is 0 Å². The number of benzene rings is 1. The van der Waals surface area contributed by atoms with Crippen molar-refractivity contribution in [2.75, 3.05) is 19.7 Å². The number of hydrogen-bond donors (Lipinski definition) is 1. The van der Waals surface area contributed by atoms with Crippen LogP contribution < -0.4 is 0 Å². The Bertz CT molecular complexity index is 526. The van der Waals surface area contributed by atoms with Crippen molar-refractivity contribution < 1.29 is 14.6 Å². The van der Waals surface area contributed by atoms with Gasteiger partial charge in [0.15, 0.2) is 0 Å². The van der Waals surface area contributed by atoms with Crippen molar-refractivity contribution in [3.63, 3.8) is 0 Å². The summed E-state index contributed by atoms with van der Waals surface area (Å²) in [6.07, 6.45) is 4.36. The van der Waals surface area contributed by atoms with E-state index in [1.54, 1.807) is 17.0 Å². The molecule has 3 rings (SSSR count). The maximum Gasteiger partial charge on any atom is 0.257 e. The number of rotatable bonds is 1. The van der Waals surface area contributed by atoms with Crippen molar-refractivity contribution in [3.8, 4) is 5.75 Å². The highest BCUT2D eigenvalue weighted by atomic mass is 35.5. The lowest BCUT2D eigenvalue weighted by molar-refractivity contribution is -0.0948. The van der Waals surface area contributed by atoms with Crippen molar-refractivity contribution in [1.29, 1.82) is 0 Å². The summed E-state index contributed by atoms with van der Waals surface area (Å²) >= 11 is 5.80. The Morgan fingerprint density at radius 2 is 2.10 bits per heavy atom. The molecule has 2 aliphatic rings. The molecule has 20 heavy (non-hydrogen) atoms. The van der Waals surface area contributed by atoms with Crippen molar-refractivity contribution >= 4 is 17.5 Å². The number of amides is 1. The molecule has 1 aliphatic heterocycles. The molecule has 0 radical (unpaired) electrons. The van der Waals surface area contributed by atoms with Crippen LogP contribution in [0.3, 0.4) is 0 Å². The molecule has 0 unspecified atom stereocenters. The number of nitrogens with zero attached hydrogens (tertiary/aromatic N) is 1. The van der Waals surface area contributed by atoms with E-state index in [1.165, 1.54) is 6.07 Å². The average molecular weight is 296 g/mol. The lowest BCUT2D eigenvalue weighted by Gasteiger charge is -2.40. The van der Waals surface area contributed by atoms with Crippen LogP contribution in [0.15, 0.2) is 18.2 Å². The number of ether oxygens (including phenoxy) is 1. The second-order valence-corrected chi connectivity index (χ2v) is 6.06. The van der Waals surface area contributed by atoms with E-state index in [9.17, 15) is 9.90 Å². The summed E-state index contributed by atoms with van der Waals surface area (Å²) in [4.78, 5) is 14.3. The zero-order valence-corrected chi connectivity index (χ0v) is 12.0. The van der Waals surface area contributed by atoms with Crippen LogP contribution >= 0.6 is 11.6 Å². The van der Waals surface area contributed by atoms with Crippen LogP contribution in [-0.2, 0) is 4.74 Å². The minimum atomic E-state index is -0.157. The molecule has 1 aromatic rings. The van der Waals surface area contributed by atoms with Gasteiger partial charge in [0, 0.05) is 11.6 Å². The average Bonchev–Trinajstić information content (AvgIpc) is 2.86. The molecular formula is C15H18ClNO3. The van der Waals surface area contributed by atoms with Gasteiger partial charge in [-0.3, -0.25) is 4.79 Å². The summed E-state index contributed by atoms with van der Waals surface area (Å²) in [5, 5.41) is 10.3. The van der Waals surface area contributed by atoms with Crippen LogP contribution in [0.25, 0.3) is 0 Å². The number of hydrogen-bond acceptors (Lipinski definition) is 3. The molecular weight excluding hydrogens is 278 g/mol. The maximum atomic E-state index is 12.5. The molecule has 1 heterocycles. The normalized spacial score (nSPS) is 21.4. The highest BCUT2D eigenvalue weighted by Gasteiger charge is 2.40. The molecule has 1 amide bonds. The monoisotopic (exact) mass is 295 g/mol. The minimum Gasteiger partial charge on any atom is -0.507 e. The molecule has 1 aliphatic carbocycles. The van der Waals surface area contributed by atoms with Gasteiger partial charge < -0.3 is 14.7 Å². The summed E-state index contributed by atoms with van der Waals surface area (Å²) in [6, 6.07) is 4.61. The van der Waals surface area contributed by atoms with E-state index >= 15 is 0 Å². The fourth-order valence-electron chi connectivity index (χ4n) is 3.20. The van der Waals surface area contributed by atoms with Gasteiger partial charge in [-0.2, -0.15) is 0 Å². The molecule has 1 saturated carbocycles. The Morgan fingerprint density at radius 1 is 1.35 bits per heavy atom. The Kier molecular flexibility index (Phi) is 3.61. The molecule has 5 heteroatoms. The third-order valence-electron chi connectivity index (χ3n) is 4.24. The van der Waals surface area contributed by atoms with Crippen LogP contribution in [0.5, 0.6) is 5.75 Å². The quantitative estimate of drug-likeness (QED) is 0.867. The Hall–Kier alpha value is -1.26. The van der Waals surface area contributed by atoms with E-state index in [0.29, 0.717) is 30.3 Å². The second kappa shape index (κ2) is 5.26. The van der Waals surface area contributed by atoms with Gasteiger partial charge in [-0.25, -0.2) is 0 Å². The number of phenols is 1. The van der Waals surface area contributed by atoms with Crippen molar-refractivity contribution in [3.05, 3.63) is 28.8 Å². The molecule has 1 spiro atoms. The van der Waals surface area contributed by atoms with Crippen LogP contribution in [0.2, 0.25) is 5.02 Å².